The van der Waals surface area contributed by atoms with E-state index in [1.54, 1.807) is 42.6 Å². The van der Waals surface area contributed by atoms with E-state index >= 15 is 0 Å². The molecule has 4 aromatic heterocycles. The first-order valence-corrected chi connectivity index (χ1v) is 13.5. The van der Waals surface area contributed by atoms with Gasteiger partial charge in [0.25, 0.3) is 10.0 Å². The number of pyridine rings is 1. The van der Waals surface area contributed by atoms with E-state index in [1.807, 2.05) is 17.4 Å². The maximum Gasteiger partial charge on any atom is 0.269 e. The van der Waals surface area contributed by atoms with Crippen molar-refractivity contribution in [3.8, 4) is 6.07 Å². The number of fused-ring (bicyclic) bond motifs is 3. The van der Waals surface area contributed by atoms with Crippen molar-refractivity contribution < 1.29 is 8.42 Å². The molecule has 0 amide bonds. The number of halogens is 1. The third kappa shape index (κ3) is 3.98. The average Bonchev–Trinajstić information content (AvgIpc) is 3.63. The van der Waals surface area contributed by atoms with E-state index in [1.165, 1.54) is 16.4 Å². The van der Waals surface area contributed by atoms with E-state index in [-0.39, 0.29) is 16.9 Å². The van der Waals surface area contributed by atoms with E-state index in [0.29, 0.717) is 33.2 Å². The highest BCUT2D eigenvalue weighted by molar-refractivity contribution is 7.90. The van der Waals surface area contributed by atoms with Crippen LogP contribution in [-0.2, 0) is 10.0 Å². The van der Waals surface area contributed by atoms with Crippen LogP contribution in [-0.4, -0.2) is 43.0 Å². The molecule has 186 valence electrons. The van der Waals surface area contributed by atoms with Crippen LogP contribution < -0.4 is 5.32 Å². The molecule has 5 aromatic rings. The van der Waals surface area contributed by atoms with Crippen molar-refractivity contribution in [1.82, 2.24) is 28.5 Å². The number of nitriles is 1. The first-order chi connectivity index (χ1) is 17.8. The van der Waals surface area contributed by atoms with Gasteiger partial charge in [-0.05, 0) is 50.5 Å². The van der Waals surface area contributed by atoms with Gasteiger partial charge in [0.1, 0.15) is 17.7 Å². The lowest BCUT2D eigenvalue weighted by molar-refractivity contribution is 0.588. The Morgan fingerprint density at radius 1 is 1.11 bits per heavy atom. The first kappa shape index (κ1) is 23.4. The van der Waals surface area contributed by atoms with E-state index in [4.69, 9.17) is 16.9 Å². The minimum atomic E-state index is -3.82. The number of benzene rings is 1. The minimum Gasteiger partial charge on any atom is -0.366 e. The molecule has 1 aliphatic rings. The Morgan fingerprint density at radius 2 is 1.92 bits per heavy atom. The second kappa shape index (κ2) is 8.83. The van der Waals surface area contributed by atoms with Crippen molar-refractivity contribution >= 4 is 44.3 Å². The Morgan fingerprint density at radius 3 is 2.68 bits per heavy atom. The van der Waals surface area contributed by atoms with Crippen LogP contribution in [0.15, 0.2) is 59.9 Å². The Balaban J connectivity index is 1.33. The summed E-state index contributed by atoms with van der Waals surface area (Å²) in [6, 6.07) is 12.2. The van der Waals surface area contributed by atoms with Gasteiger partial charge in [-0.15, -0.1) is 10.2 Å². The van der Waals surface area contributed by atoms with E-state index in [9.17, 15) is 8.42 Å². The summed E-state index contributed by atoms with van der Waals surface area (Å²) in [6.07, 6.45) is 7.06. The van der Waals surface area contributed by atoms with Crippen molar-refractivity contribution in [3.63, 3.8) is 0 Å². The van der Waals surface area contributed by atoms with Crippen molar-refractivity contribution in [2.45, 2.75) is 43.0 Å². The smallest absolute Gasteiger partial charge is 0.269 e. The van der Waals surface area contributed by atoms with Gasteiger partial charge in [-0.3, -0.25) is 4.40 Å². The van der Waals surface area contributed by atoms with Crippen LogP contribution in [0.1, 0.15) is 42.1 Å². The Bertz CT molecular complexity index is 1800. The minimum absolute atomic E-state index is 0.0901. The van der Waals surface area contributed by atoms with Crippen LogP contribution in [0.4, 0.5) is 5.82 Å². The van der Waals surface area contributed by atoms with Crippen LogP contribution in [0.2, 0.25) is 5.02 Å². The number of aromatic nitrogens is 6. The maximum atomic E-state index is 13.4. The van der Waals surface area contributed by atoms with Gasteiger partial charge >= 0.3 is 0 Å². The summed E-state index contributed by atoms with van der Waals surface area (Å²) in [5.41, 5.74) is 2.88. The second-order valence-electron chi connectivity index (χ2n) is 9.17. The largest absolute Gasteiger partial charge is 0.366 e. The second-order valence-corrected chi connectivity index (χ2v) is 11.4. The summed E-state index contributed by atoms with van der Waals surface area (Å²) in [5, 5.41) is 21.6. The van der Waals surface area contributed by atoms with Crippen LogP contribution >= 0.6 is 11.6 Å². The Hall–Kier alpha value is -4.01. The van der Waals surface area contributed by atoms with Gasteiger partial charge in [0.2, 0.25) is 0 Å². The van der Waals surface area contributed by atoms with E-state index < -0.39 is 10.0 Å². The predicted octanol–water partition coefficient (Wildman–Crippen LogP) is 4.29. The summed E-state index contributed by atoms with van der Waals surface area (Å²) in [4.78, 5) is 8.89. The molecule has 0 unspecified atom stereocenters. The molecule has 10 nitrogen and oxygen atoms in total. The molecule has 1 saturated carbocycles. The number of aryl methyl sites for hydroxylation is 1. The maximum absolute atomic E-state index is 13.4. The van der Waals surface area contributed by atoms with Crippen LogP contribution in [0.3, 0.4) is 0 Å². The monoisotopic (exact) mass is 532 g/mol. The van der Waals surface area contributed by atoms with Crippen molar-refractivity contribution in [2.24, 2.45) is 0 Å². The molecule has 12 heteroatoms. The van der Waals surface area contributed by atoms with Gasteiger partial charge in [0.05, 0.1) is 27.2 Å². The normalized spacial score (nSPS) is 17.9. The van der Waals surface area contributed by atoms with Crippen LogP contribution in [0.25, 0.3) is 16.8 Å². The molecule has 1 aliphatic carbocycles. The molecule has 1 N–H and O–H groups in total. The van der Waals surface area contributed by atoms with Gasteiger partial charge in [-0.25, -0.2) is 22.4 Å². The molecule has 0 aliphatic heterocycles. The first-order valence-electron chi connectivity index (χ1n) is 11.7. The molecule has 37 heavy (non-hydrogen) atoms. The molecule has 1 fully saturated rings. The van der Waals surface area contributed by atoms with E-state index in [2.05, 4.69) is 25.5 Å². The Labute approximate surface area is 217 Å². The zero-order chi connectivity index (χ0) is 25.7. The summed E-state index contributed by atoms with van der Waals surface area (Å²) in [5.74, 6) is 1.39. The molecule has 0 spiro atoms. The third-order valence-electron chi connectivity index (χ3n) is 6.75. The van der Waals surface area contributed by atoms with Crippen molar-refractivity contribution in [1.29, 1.82) is 5.26 Å². The topological polar surface area (TPSA) is 131 Å². The number of anilines is 1. The highest BCUT2D eigenvalue weighted by Gasteiger charge is 2.31. The van der Waals surface area contributed by atoms with Crippen molar-refractivity contribution in [3.05, 3.63) is 77.0 Å². The molecule has 1 aromatic carbocycles. The molecular weight excluding hydrogens is 512 g/mol. The Kier molecular flexibility index (Phi) is 5.58. The molecule has 0 bridgehead atoms. The fraction of sp³-hybridized carbons (Fsp3) is 0.240. The molecule has 0 radical (unpaired) electrons. The average molecular weight is 533 g/mol. The van der Waals surface area contributed by atoms with Gasteiger partial charge in [-0.2, -0.15) is 5.26 Å². The summed E-state index contributed by atoms with van der Waals surface area (Å²) >= 11 is 6.30. The molecule has 2 atom stereocenters. The number of rotatable bonds is 5. The van der Waals surface area contributed by atoms with Gasteiger partial charge in [-0.1, -0.05) is 29.3 Å². The third-order valence-corrected chi connectivity index (χ3v) is 8.72. The van der Waals surface area contributed by atoms with Gasteiger partial charge in [0, 0.05) is 24.4 Å². The lowest BCUT2D eigenvalue weighted by Gasteiger charge is -2.15. The molecule has 0 saturated heterocycles. The summed E-state index contributed by atoms with van der Waals surface area (Å²) in [7, 11) is -3.82. The number of nitrogens with one attached hydrogen (secondary N) is 1. The van der Waals surface area contributed by atoms with Crippen LogP contribution in [0, 0.1) is 18.3 Å². The van der Waals surface area contributed by atoms with E-state index in [0.717, 1.165) is 30.7 Å². The zero-order valence-corrected chi connectivity index (χ0v) is 21.3. The summed E-state index contributed by atoms with van der Waals surface area (Å²) in [6.45, 7) is 1.91. The standard InChI is InChI=1S/C25H21ClN8O2S/c1-15-2-6-19(7-3-15)37(35,36)33-9-8-21-25(33)29-14-22-31-32-24(34(21)22)17-4-5-18(11-17)30-23-20(26)10-16(12-27)13-28-23/h2-3,6-10,13-14,17-18H,4-5,11H2,1H3,(H,28,30)/t17-,18+/m1/s1. The SMILES string of the molecule is Cc1ccc(S(=O)(=O)n2ccc3c2ncc2nnc([C@@H]4CC[C@H](Nc5ncc(C#N)cc5Cl)C4)n23)cc1. The highest BCUT2D eigenvalue weighted by atomic mass is 35.5. The van der Waals surface area contributed by atoms with Gasteiger partial charge in [0.15, 0.2) is 11.3 Å². The molecule has 6 rings (SSSR count). The fourth-order valence-corrected chi connectivity index (χ4v) is 6.40. The van der Waals surface area contributed by atoms with Crippen LogP contribution in [0.5, 0.6) is 0 Å². The fourth-order valence-electron chi connectivity index (χ4n) is 4.88. The highest BCUT2D eigenvalue weighted by Crippen LogP contribution is 2.37. The number of nitrogens with zero attached hydrogens (tertiary/aromatic N) is 7. The van der Waals surface area contributed by atoms with Gasteiger partial charge < -0.3 is 5.32 Å². The predicted molar refractivity (Wildman–Crippen MR) is 138 cm³/mol. The quantitative estimate of drug-likeness (QED) is 0.354. The molecular formula is C25H21ClN8O2S. The summed E-state index contributed by atoms with van der Waals surface area (Å²) < 4.78 is 29.8. The lowest BCUT2D eigenvalue weighted by Crippen LogP contribution is -2.17. The number of hydrogen-bond donors (Lipinski definition) is 1. The lowest BCUT2D eigenvalue weighted by atomic mass is 10.1. The zero-order valence-electron chi connectivity index (χ0n) is 19.7. The number of hydrogen-bond acceptors (Lipinski definition) is 8. The van der Waals surface area contributed by atoms with Crippen molar-refractivity contribution in [2.75, 3.05) is 5.32 Å². The molecule has 4 heterocycles.